The van der Waals surface area contributed by atoms with E-state index in [1.807, 2.05) is 5.38 Å². The van der Waals surface area contributed by atoms with Crippen molar-refractivity contribution in [2.75, 3.05) is 5.32 Å². The van der Waals surface area contributed by atoms with Crippen LogP contribution in [0.15, 0.2) is 5.38 Å². The second kappa shape index (κ2) is 4.21. The van der Waals surface area contributed by atoms with Gasteiger partial charge in [-0.2, -0.15) is 0 Å². The number of carboxylic acids is 1. The van der Waals surface area contributed by atoms with Gasteiger partial charge in [0.05, 0.1) is 5.69 Å². The van der Waals surface area contributed by atoms with Crippen molar-refractivity contribution in [1.29, 1.82) is 0 Å². The minimum Gasteiger partial charge on any atom is -0.481 e. The Kier molecular flexibility index (Phi) is 2.91. The average Bonchev–Trinajstić information content (AvgIpc) is 2.99. The third-order valence-electron chi connectivity index (χ3n) is 2.51. The molecule has 5 nitrogen and oxygen atoms in total. The molecule has 6 heteroatoms. The van der Waals surface area contributed by atoms with Gasteiger partial charge >= 0.3 is 5.97 Å². The van der Waals surface area contributed by atoms with E-state index in [9.17, 15) is 9.59 Å². The Morgan fingerprint density at radius 1 is 1.62 bits per heavy atom. The quantitative estimate of drug-likeness (QED) is 0.785. The minimum atomic E-state index is -1.13. The van der Waals surface area contributed by atoms with Gasteiger partial charge in [0.1, 0.15) is 5.92 Å². The molecule has 2 N–H and O–H groups in total. The summed E-state index contributed by atoms with van der Waals surface area (Å²) in [4.78, 5) is 26.2. The van der Waals surface area contributed by atoms with Crippen LogP contribution in [0.3, 0.4) is 0 Å². The Labute approximate surface area is 96.5 Å². The lowest BCUT2D eigenvalue weighted by molar-refractivity contribution is -0.144. The van der Waals surface area contributed by atoms with Gasteiger partial charge in [-0.05, 0) is 19.8 Å². The molecule has 0 aromatic carbocycles. The fraction of sp³-hybridized carbons (Fsp3) is 0.500. The predicted molar refractivity (Wildman–Crippen MR) is 59.5 cm³/mol. The lowest BCUT2D eigenvalue weighted by atomic mass is 10.2. The molecule has 1 fully saturated rings. The molecule has 1 aliphatic carbocycles. The fourth-order valence-electron chi connectivity index (χ4n) is 1.24. The molecule has 1 saturated carbocycles. The summed E-state index contributed by atoms with van der Waals surface area (Å²) in [5, 5.41) is 13.6. The second-order valence-corrected chi connectivity index (χ2v) is 4.76. The summed E-state index contributed by atoms with van der Waals surface area (Å²) in [6.07, 6.45) is 2.31. The third kappa shape index (κ3) is 2.38. The number of nitrogens with one attached hydrogen (secondary N) is 1. The van der Waals surface area contributed by atoms with Gasteiger partial charge in [-0.3, -0.25) is 9.59 Å². The molecule has 1 aromatic heterocycles. The second-order valence-electron chi connectivity index (χ2n) is 3.90. The number of rotatable bonds is 4. The SMILES string of the molecule is CC(C(=O)O)C(=O)Nc1nc(C2CC2)cs1. The first-order chi connectivity index (χ1) is 7.58. The Bertz CT molecular complexity index is 425. The first-order valence-electron chi connectivity index (χ1n) is 5.07. The van der Waals surface area contributed by atoms with E-state index in [2.05, 4.69) is 10.3 Å². The lowest BCUT2D eigenvalue weighted by Crippen LogP contribution is -2.26. The van der Waals surface area contributed by atoms with Crippen molar-refractivity contribution in [2.24, 2.45) is 5.92 Å². The van der Waals surface area contributed by atoms with E-state index in [-0.39, 0.29) is 0 Å². The summed E-state index contributed by atoms with van der Waals surface area (Å²) in [6.45, 7) is 1.35. The van der Waals surface area contributed by atoms with Crippen molar-refractivity contribution in [3.05, 3.63) is 11.1 Å². The molecule has 1 unspecified atom stereocenters. The van der Waals surface area contributed by atoms with E-state index in [0.29, 0.717) is 11.0 Å². The van der Waals surface area contributed by atoms with Crippen molar-refractivity contribution in [1.82, 2.24) is 4.98 Å². The van der Waals surface area contributed by atoms with Crippen LogP contribution >= 0.6 is 11.3 Å². The number of nitrogens with zero attached hydrogens (tertiary/aromatic N) is 1. The summed E-state index contributed by atoms with van der Waals surface area (Å²) in [6, 6.07) is 0. The number of hydrogen-bond acceptors (Lipinski definition) is 4. The van der Waals surface area contributed by atoms with Gasteiger partial charge in [0.25, 0.3) is 0 Å². The van der Waals surface area contributed by atoms with Crippen LogP contribution in [-0.2, 0) is 9.59 Å². The van der Waals surface area contributed by atoms with Gasteiger partial charge in [0.15, 0.2) is 5.13 Å². The molecule has 0 bridgehead atoms. The Hall–Kier alpha value is -1.43. The van der Waals surface area contributed by atoms with Crippen molar-refractivity contribution in [3.8, 4) is 0 Å². The Morgan fingerprint density at radius 2 is 2.31 bits per heavy atom. The predicted octanol–water partition coefficient (Wildman–Crippen LogP) is 1.68. The first-order valence-corrected chi connectivity index (χ1v) is 5.95. The maximum absolute atomic E-state index is 11.4. The van der Waals surface area contributed by atoms with E-state index in [1.165, 1.54) is 18.3 Å². The van der Waals surface area contributed by atoms with E-state index in [1.54, 1.807) is 0 Å². The molecule has 0 radical (unpaired) electrons. The van der Waals surface area contributed by atoms with Crippen LogP contribution in [0.25, 0.3) is 0 Å². The minimum absolute atomic E-state index is 0.486. The number of carboxylic acid groups (broad SMARTS) is 1. The summed E-state index contributed by atoms with van der Waals surface area (Å²) < 4.78 is 0. The van der Waals surface area contributed by atoms with Gasteiger partial charge < -0.3 is 10.4 Å². The number of carbonyl (C=O) groups excluding carboxylic acids is 1. The summed E-state index contributed by atoms with van der Waals surface area (Å²) in [5.74, 6) is -2.16. The molecular formula is C10H12N2O3S. The molecule has 1 atom stereocenters. The van der Waals surface area contributed by atoms with Gasteiger partial charge in [-0.1, -0.05) is 0 Å². The number of aromatic nitrogens is 1. The number of carbonyl (C=O) groups is 2. The maximum Gasteiger partial charge on any atom is 0.315 e. The maximum atomic E-state index is 11.4. The highest BCUT2D eigenvalue weighted by atomic mass is 32.1. The van der Waals surface area contributed by atoms with Crippen molar-refractivity contribution >= 4 is 28.3 Å². The third-order valence-corrected chi connectivity index (χ3v) is 3.29. The summed E-state index contributed by atoms with van der Waals surface area (Å²) in [7, 11) is 0. The smallest absolute Gasteiger partial charge is 0.315 e. The molecule has 1 amide bonds. The number of thiazole rings is 1. The molecule has 0 saturated heterocycles. The monoisotopic (exact) mass is 240 g/mol. The van der Waals surface area contributed by atoms with Crippen LogP contribution in [-0.4, -0.2) is 22.0 Å². The van der Waals surface area contributed by atoms with E-state index in [0.717, 1.165) is 18.5 Å². The van der Waals surface area contributed by atoms with Crippen LogP contribution in [0.1, 0.15) is 31.4 Å². The molecule has 16 heavy (non-hydrogen) atoms. The van der Waals surface area contributed by atoms with Crippen LogP contribution in [0.2, 0.25) is 0 Å². The summed E-state index contributed by atoms with van der Waals surface area (Å²) in [5.41, 5.74) is 1.00. The van der Waals surface area contributed by atoms with Gasteiger partial charge in [-0.15, -0.1) is 11.3 Å². The molecule has 1 aromatic rings. The molecule has 1 heterocycles. The van der Waals surface area contributed by atoms with Crippen LogP contribution < -0.4 is 5.32 Å². The standard InChI is InChI=1S/C10H12N2O3S/c1-5(9(14)15)8(13)12-10-11-7(4-16-10)6-2-3-6/h4-6H,2-3H2,1H3,(H,14,15)(H,11,12,13). The summed E-state index contributed by atoms with van der Waals surface area (Å²) >= 11 is 1.34. The van der Waals surface area contributed by atoms with Crippen LogP contribution in [0, 0.1) is 5.92 Å². The highest BCUT2D eigenvalue weighted by Crippen LogP contribution is 2.40. The highest BCUT2D eigenvalue weighted by molar-refractivity contribution is 7.13. The number of anilines is 1. The number of amides is 1. The zero-order chi connectivity index (χ0) is 11.7. The van der Waals surface area contributed by atoms with Crippen LogP contribution in [0.4, 0.5) is 5.13 Å². The Morgan fingerprint density at radius 3 is 2.88 bits per heavy atom. The van der Waals surface area contributed by atoms with E-state index < -0.39 is 17.8 Å². The number of aliphatic carboxylic acids is 1. The lowest BCUT2D eigenvalue weighted by Gasteiger charge is -2.04. The van der Waals surface area contributed by atoms with Gasteiger partial charge in [0.2, 0.25) is 5.91 Å². The normalized spacial score (nSPS) is 16.8. The number of hydrogen-bond donors (Lipinski definition) is 2. The van der Waals surface area contributed by atoms with Crippen LogP contribution in [0.5, 0.6) is 0 Å². The molecule has 86 valence electrons. The Balaban J connectivity index is 1.97. The topological polar surface area (TPSA) is 79.3 Å². The molecule has 2 rings (SSSR count). The fourth-order valence-corrected chi connectivity index (χ4v) is 2.03. The largest absolute Gasteiger partial charge is 0.481 e. The van der Waals surface area contributed by atoms with E-state index in [4.69, 9.17) is 5.11 Å². The molecule has 0 spiro atoms. The first kappa shape index (κ1) is 11.1. The molecule has 0 aliphatic heterocycles. The van der Waals surface area contributed by atoms with E-state index >= 15 is 0 Å². The van der Waals surface area contributed by atoms with Crippen molar-refractivity contribution < 1.29 is 14.7 Å². The average molecular weight is 240 g/mol. The van der Waals surface area contributed by atoms with Gasteiger partial charge in [0, 0.05) is 11.3 Å². The molecular weight excluding hydrogens is 228 g/mol. The van der Waals surface area contributed by atoms with Crippen molar-refractivity contribution in [3.63, 3.8) is 0 Å². The zero-order valence-electron chi connectivity index (χ0n) is 8.77. The van der Waals surface area contributed by atoms with Gasteiger partial charge in [-0.25, -0.2) is 4.98 Å². The zero-order valence-corrected chi connectivity index (χ0v) is 9.58. The molecule has 1 aliphatic rings. The highest BCUT2D eigenvalue weighted by Gasteiger charge is 2.27. The van der Waals surface area contributed by atoms with Crippen molar-refractivity contribution in [2.45, 2.75) is 25.7 Å².